The van der Waals surface area contributed by atoms with Crippen molar-refractivity contribution in [1.29, 1.82) is 0 Å². The number of hydrogen-bond donors (Lipinski definition) is 0. The minimum atomic E-state index is 0.0916. The first-order valence-corrected chi connectivity index (χ1v) is 9.10. The molecule has 1 aromatic heterocycles. The molecule has 132 valence electrons. The standard InChI is InChI=1S/C22H21ClN2O/c23-19-12-14-21(15-13-19)25(17-20-10-4-5-16-24-20)22(26)11-6-9-18-7-2-1-3-8-18/h1-5,7-8,10,12-16H,6,9,11,17H2. The summed E-state index contributed by atoms with van der Waals surface area (Å²) in [6.45, 7) is 0.451. The summed E-state index contributed by atoms with van der Waals surface area (Å²) in [5.41, 5.74) is 2.95. The highest BCUT2D eigenvalue weighted by Crippen LogP contribution is 2.21. The van der Waals surface area contributed by atoms with E-state index in [1.165, 1.54) is 5.56 Å². The van der Waals surface area contributed by atoms with Crippen LogP contribution in [0.25, 0.3) is 0 Å². The lowest BCUT2D eigenvalue weighted by Gasteiger charge is -2.23. The molecule has 0 aliphatic carbocycles. The Morgan fingerprint density at radius 1 is 0.923 bits per heavy atom. The summed E-state index contributed by atoms with van der Waals surface area (Å²) < 4.78 is 0. The Labute approximate surface area is 159 Å². The fraction of sp³-hybridized carbons (Fsp3) is 0.182. The van der Waals surface area contributed by atoms with Crippen LogP contribution in [0, 0.1) is 0 Å². The normalized spacial score (nSPS) is 10.5. The lowest BCUT2D eigenvalue weighted by Crippen LogP contribution is -2.30. The second-order valence-electron chi connectivity index (χ2n) is 6.12. The number of halogens is 1. The van der Waals surface area contributed by atoms with Gasteiger partial charge in [-0.05, 0) is 54.8 Å². The van der Waals surface area contributed by atoms with Crippen LogP contribution in [0.2, 0.25) is 5.02 Å². The van der Waals surface area contributed by atoms with Crippen molar-refractivity contribution in [2.45, 2.75) is 25.8 Å². The fourth-order valence-corrected chi connectivity index (χ4v) is 2.95. The molecule has 2 aromatic carbocycles. The third kappa shape index (κ3) is 5.17. The molecule has 0 aliphatic heterocycles. The summed E-state index contributed by atoms with van der Waals surface area (Å²) in [5, 5.41) is 0.656. The molecule has 0 unspecified atom stereocenters. The van der Waals surface area contributed by atoms with Crippen molar-refractivity contribution in [3.63, 3.8) is 0 Å². The molecule has 0 fully saturated rings. The fourth-order valence-electron chi connectivity index (χ4n) is 2.82. The monoisotopic (exact) mass is 364 g/mol. The number of aromatic nitrogens is 1. The van der Waals surface area contributed by atoms with Gasteiger partial charge >= 0.3 is 0 Å². The zero-order valence-corrected chi connectivity index (χ0v) is 15.3. The highest BCUT2D eigenvalue weighted by atomic mass is 35.5. The minimum Gasteiger partial charge on any atom is -0.306 e. The van der Waals surface area contributed by atoms with Crippen LogP contribution in [0.4, 0.5) is 5.69 Å². The van der Waals surface area contributed by atoms with Crippen LogP contribution in [0.15, 0.2) is 79.0 Å². The smallest absolute Gasteiger partial charge is 0.227 e. The molecule has 4 heteroatoms. The van der Waals surface area contributed by atoms with Gasteiger partial charge in [-0.3, -0.25) is 9.78 Å². The van der Waals surface area contributed by atoms with E-state index in [1.54, 1.807) is 23.2 Å². The molecule has 0 aliphatic rings. The second-order valence-corrected chi connectivity index (χ2v) is 6.55. The lowest BCUT2D eigenvalue weighted by molar-refractivity contribution is -0.118. The Hall–Kier alpha value is -2.65. The van der Waals surface area contributed by atoms with Crippen molar-refractivity contribution < 1.29 is 4.79 Å². The van der Waals surface area contributed by atoms with Crippen LogP contribution in [0.1, 0.15) is 24.1 Å². The predicted octanol–water partition coefficient (Wildman–Crippen LogP) is 5.29. The van der Waals surface area contributed by atoms with Gasteiger partial charge in [0.25, 0.3) is 0 Å². The number of benzene rings is 2. The van der Waals surface area contributed by atoms with E-state index in [4.69, 9.17) is 11.6 Å². The van der Waals surface area contributed by atoms with E-state index >= 15 is 0 Å². The van der Waals surface area contributed by atoms with Crippen LogP contribution < -0.4 is 4.90 Å². The molecule has 0 spiro atoms. The first-order valence-electron chi connectivity index (χ1n) is 8.72. The van der Waals surface area contributed by atoms with Crippen molar-refractivity contribution in [3.8, 4) is 0 Å². The van der Waals surface area contributed by atoms with Gasteiger partial charge in [-0.25, -0.2) is 0 Å². The summed E-state index contributed by atoms with van der Waals surface area (Å²) >= 11 is 5.99. The molecule has 1 heterocycles. The first kappa shape index (κ1) is 18.2. The number of pyridine rings is 1. The Morgan fingerprint density at radius 2 is 1.65 bits per heavy atom. The summed E-state index contributed by atoms with van der Waals surface area (Å²) in [6, 6.07) is 23.3. The van der Waals surface area contributed by atoms with E-state index < -0.39 is 0 Å². The molecule has 1 amide bonds. The van der Waals surface area contributed by atoms with E-state index in [0.717, 1.165) is 24.2 Å². The maximum Gasteiger partial charge on any atom is 0.227 e. The minimum absolute atomic E-state index is 0.0916. The van der Waals surface area contributed by atoms with E-state index in [0.29, 0.717) is 18.0 Å². The van der Waals surface area contributed by atoms with Gasteiger partial charge in [-0.15, -0.1) is 0 Å². The average molecular weight is 365 g/mol. The van der Waals surface area contributed by atoms with Gasteiger partial charge in [0.05, 0.1) is 12.2 Å². The molecule has 0 saturated carbocycles. The number of nitrogens with zero attached hydrogens (tertiary/aromatic N) is 2. The molecule has 3 rings (SSSR count). The van der Waals surface area contributed by atoms with Crippen molar-refractivity contribution in [3.05, 3.63) is 95.3 Å². The molecule has 0 radical (unpaired) electrons. The van der Waals surface area contributed by atoms with Gasteiger partial charge in [0.15, 0.2) is 0 Å². The van der Waals surface area contributed by atoms with E-state index in [-0.39, 0.29) is 5.91 Å². The van der Waals surface area contributed by atoms with E-state index in [1.807, 2.05) is 48.5 Å². The van der Waals surface area contributed by atoms with Crippen LogP contribution in [0.3, 0.4) is 0 Å². The highest BCUT2D eigenvalue weighted by Gasteiger charge is 2.16. The molecule has 0 N–H and O–H groups in total. The van der Waals surface area contributed by atoms with Crippen molar-refractivity contribution in [1.82, 2.24) is 4.98 Å². The van der Waals surface area contributed by atoms with E-state index in [2.05, 4.69) is 17.1 Å². The average Bonchev–Trinajstić information content (AvgIpc) is 2.68. The zero-order valence-electron chi connectivity index (χ0n) is 14.5. The maximum absolute atomic E-state index is 12.9. The highest BCUT2D eigenvalue weighted by molar-refractivity contribution is 6.30. The molecule has 0 bridgehead atoms. The van der Waals surface area contributed by atoms with Crippen LogP contribution in [0.5, 0.6) is 0 Å². The van der Waals surface area contributed by atoms with Crippen molar-refractivity contribution >= 4 is 23.2 Å². The molecule has 0 saturated heterocycles. The number of rotatable bonds is 7. The number of anilines is 1. The first-order chi connectivity index (χ1) is 12.7. The third-order valence-corrected chi connectivity index (χ3v) is 4.44. The summed E-state index contributed by atoms with van der Waals surface area (Å²) in [7, 11) is 0. The molecule has 0 atom stereocenters. The Bertz CT molecular complexity index is 820. The van der Waals surface area contributed by atoms with Gasteiger partial charge in [-0.1, -0.05) is 48.0 Å². The SMILES string of the molecule is O=C(CCCc1ccccc1)N(Cc1ccccn1)c1ccc(Cl)cc1. The number of carbonyl (C=O) groups is 1. The number of aryl methyl sites for hydroxylation is 1. The summed E-state index contributed by atoms with van der Waals surface area (Å²) in [4.78, 5) is 19.0. The summed E-state index contributed by atoms with van der Waals surface area (Å²) in [5.74, 6) is 0.0916. The molecular formula is C22H21ClN2O. The molecular weight excluding hydrogens is 344 g/mol. The van der Waals surface area contributed by atoms with Crippen molar-refractivity contribution in [2.75, 3.05) is 4.90 Å². The number of hydrogen-bond acceptors (Lipinski definition) is 2. The van der Waals surface area contributed by atoms with Gasteiger partial charge < -0.3 is 4.90 Å². The zero-order chi connectivity index (χ0) is 18.2. The van der Waals surface area contributed by atoms with Crippen LogP contribution in [-0.4, -0.2) is 10.9 Å². The number of carbonyl (C=O) groups excluding carboxylic acids is 1. The van der Waals surface area contributed by atoms with Gasteiger partial charge in [0, 0.05) is 23.3 Å². The predicted molar refractivity (Wildman–Crippen MR) is 106 cm³/mol. The van der Waals surface area contributed by atoms with Crippen molar-refractivity contribution in [2.24, 2.45) is 0 Å². The van der Waals surface area contributed by atoms with Gasteiger partial charge in [-0.2, -0.15) is 0 Å². The molecule has 3 aromatic rings. The molecule has 3 nitrogen and oxygen atoms in total. The van der Waals surface area contributed by atoms with Gasteiger partial charge in [0.1, 0.15) is 0 Å². The quantitative estimate of drug-likeness (QED) is 0.570. The van der Waals surface area contributed by atoms with Crippen LogP contribution in [-0.2, 0) is 17.8 Å². The molecule has 26 heavy (non-hydrogen) atoms. The van der Waals surface area contributed by atoms with Gasteiger partial charge in [0.2, 0.25) is 5.91 Å². The largest absolute Gasteiger partial charge is 0.306 e. The Balaban J connectivity index is 1.69. The Morgan fingerprint density at radius 3 is 2.35 bits per heavy atom. The third-order valence-electron chi connectivity index (χ3n) is 4.18. The Kier molecular flexibility index (Phi) is 6.39. The topological polar surface area (TPSA) is 33.2 Å². The lowest BCUT2D eigenvalue weighted by atomic mass is 10.1. The second kappa shape index (κ2) is 9.16. The number of amides is 1. The van der Waals surface area contributed by atoms with E-state index in [9.17, 15) is 4.79 Å². The summed E-state index contributed by atoms with van der Waals surface area (Å²) in [6.07, 6.45) is 3.94. The maximum atomic E-state index is 12.9. The van der Waals surface area contributed by atoms with Crippen LogP contribution >= 0.6 is 11.6 Å².